The van der Waals surface area contributed by atoms with Gasteiger partial charge in [0.25, 0.3) is 0 Å². The minimum absolute atomic E-state index is 0.0248. The number of carbonyl (C=O) groups is 1. The first kappa shape index (κ1) is 31.3. The molecule has 0 radical (unpaired) electrons. The minimum atomic E-state index is -5.00. The maximum absolute atomic E-state index is 13.4. The molecule has 1 heterocycles. The van der Waals surface area contributed by atoms with E-state index >= 15 is 0 Å². The van der Waals surface area contributed by atoms with Gasteiger partial charge >= 0.3 is 18.3 Å². The van der Waals surface area contributed by atoms with Gasteiger partial charge in [-0.05, 0) is 80.9 Å². The van der Waals surface area contributed by atoms with Crippen molar-refractivity contribution >= 4 is 5.97 Å². The fourth-order valence-corrected chi connectivity index (χ4v) is 6.17. The van der Waals surface area contributed by atoms with Gasteiger partial charge in [0.1, 0.15) is 6.10 Å². The predicted molar refractivity (Wildman–Crippen MR) is 139 cm³/mol. The molecule has 0 bridgehead atoms. The molecule has 2 aliphatic rings. The van der Waals surface area contributed by atoms with Gasteiger partial charge in [-0.3, -0.25) is 4.79 Å². The van der Waals surface area contributed by atoms with E-state index in [9.17, 15) is 36.2 Å². The third-order valence-electron chi connectivity index (χ3n) is 8.59. The first-order valence-electron chi connectivity index (χ1n) is 13.8. The van der Waals surface area contributed by atoms with Crippen LogP contribution >= 0.6 is 0 Å². The molecular weight excluding hydrogens is 552 g/mol. The van der Waals surface area contributed by atoms with E-state index in [1.54, 1.807) is 0 Å². The number of rotatable bonds is 8. The summed E-state index contributed by atoms with van der Waals surface area (Å²) in [6.45, 7) is 0.810. The Bertz CT molecular complexity index is 1120. The van der Waals surface area contributed by atoms with Gasteiger partial charge in [0.15, 0.2) is 0 Å². The number of hydrogen-bond donors (Lipinski definition) is 1. The lowest BCUT2D eigenvalue weighted by molar-refractivity contribution is -0.147. The SMILES string of the molecule is COC(=O)C1CCN(C2CCC(COC(CO)c3cc(C(F)(F)F)cc(C(F)(F)F)c3)(c3ccccc3)CC2)CC1. The fourth-order valence-electron chi connectivity index (χ4n) is 6.17. The Kier molecular flexibility index (Phi) is 9.70. The highest BCUT2D eigenvalue weighted by Crippen LogP contribution is 2.43. The third kappa shape index (κ3) is 7.42. The van der Waals surface area contributed by atoms with Gasteiger partial charge in [0, 0.05) is 11.5 Å². The zero-order valence-electron chi connectivity index (χ0n) is 22.8. The standard InChI is InChI=1S/C30H35F6NO4/c1-40-27(39)20-9-13-37(14-10-20)25-7-11-28(12-8-25,22-5-3-2-4-6-22)19-41-26(18-38)21-15-23(29(31,32)33)17-24(16-21)30(34,35)36/h2-6,15-17,20,25-26,38H,7-14,18-19H2,1H3. The van der Waals surface area contributed by atoms with Crippen molar-refractivity contribution in [3.8, 4) is 0 Å². The van der Waals surface area contributed by atoms with Crippen molar-refractivity contribution in [1.29, 1.82) is 0 Å². The lowest BCUT2D eigenvalue weighted by Gasteiger charge is -2.45. The molecule has 1 aliphatic carbocycles. The summed E-state index contributed by atoms with van der Waals surface area (Å²) in [4.78, 5) is 14.3. The van der Waals surface area contributed by atoms with Crippen LogP contribution in [0.3, 0.4) is 0 Å². The largest absolute Gasteiger partial charge is 0.469 e. The van der Waals surface area contributed by atoms with Crippen LogP contribution in [0.2, 0.25) is 0 Å². The van der Waals surface area contributed by atoms with Gasteiger partial charge in [-0.2, -0.15) is 26.3 Å². The molecule has 0 amide bonds. The van der Waals surface area contributed by atoms with Gasteiger partial charge in [-0.25, -0.2) is 0 Å². The molecule has 0 aromatic heterocycles. The summed E-state index contributed by atoms with van der Waals surface area (Å²) in [6, 6.07) is 11.1. The van der Waals surface area contributed by atoms with E-state index < -0.39 is 41.6 Å². The molecule has 1 saturated carbocycles. The first-order chi connectivity index (χ1) is 19.4. The molecule has 1 aliphatic heterocycles. The zero-order valence-corrected chi connectivity index (χ0v) is 22.8. The summed E-state index contributed by atoms with van der Waals surface area (Å²) in [7, 11) is 1.39. The van der Waals surface area contributed by atoms with Gasteiger partial charge in [0.2, 0.25) is 0 Å². The van der Waals surface area contributed by atoms with Crippen LogP contribution in [0.1, 0.15) is 66.9 Å². The maximum Gasteiger partial charge on any atom is 0.416 e. The van der Waals surface area contributed by atoms with Crippen LogP contribution in [0.5, 0.6) is 0 Å². The summed E-state index contributed by atoms with van der Waals surface area (Å²) in [5.74, 6) is -0.282. The van der Waals surface area contributed by atoms with Crippen molar-refractivity contribution in [2.24, 2.45) is 5.92 Å². The lowest BCUT2D eigenvalue weighted by Crippen LogP contribution is -2.47. The van der Waals surface area contributed by atoms with Crippen LogP contribution in [0.25, 0.3) is 0 Å². The summed E-state index contributed by atoms with van der Waals surface area (Å²) in [6.07, 6.45) is -6.90. The van der Waals surface area contributed by atoms with Gasteiger partial charge < -0.3 is 19.5 Å². The van der Waals surface area contributed by atoms with E-state index in [0.29, 0.717) is 25.0 Å². The van der Waals surface area contributed by atoms with Gasteiger partial charge in [-0.15, -0.1) is 0 Å². The Balaban J connectivity index is 1.51. The number of esters is 1. The van der Waals surface area contributed by atoms with E-state index in [-0.39, 0.29) is 36.2 Å². The molecule has 2 aromatic carbocycles. The monoisotopic (exact) mass is 587 g/mol. The second kappa shape index (κ2) is 12.7. The Hall–Kier alpha value is -2.63. The second-order valence-corrected chi connectivity index (χ2v) is 11.0. The van der Waals surface area contributed by atoms with Crippen molar-refractivity contribution in [2.75, 3.05) is 33.4 Å². The Labute approximate surface area is 235 Å². The number of hydrogen-bond acceptors (Lipinski definition) is 5. The van der Waals surface area contributed by atoms with Crippen LogP contribution in [-0.2, 0) is 32.0 Å². The molecule has 1 N–H and O–H groups in total. The highest BCUT2D eigenvalue weighted by molar-refractivity contribution is 5.72. The van der Waals surface area contributed by atoms with Gasteiger partial charge in [-0.1, -0.05) is 30.3 Å². The number of benzene rings is 2. The average molecular weight is 588 g/mol. The number of likely N-dealkylation sites (tertiary alicyclic amines) is 1. The number of nitrogens with zero attached hydrogens (tertiary/aromatic N) is 1. The van der Waals surface area contributed by atoms with Crippen molar-refractivity contribution in [1.82, 2.24) is 4.90 Å². The molecule has 41 heavy (non-hydrogen) atoms. The average Bonchev–Trinajstić information content (AvgIpc) is 2.97. The lowest BCUT2D eigenvalue weighted by atomic mass is 9.68. The van der Waals surface area contributed by atoms with Crippen LogP contribution in [0.4, 0.5) is 26.3 Å². The van der Waals surface area contributed by atoms with Crippen LogP contribution in [0, 0.1) is 5.92 Å². The molecule has 226 valence electrons. The topological polar surface area (TPSA) is 59.0 Å². The fraction of sp³-hybridized carbons (Fsp3) is 0.567. The molecule has 2 fully saturated rings. The Morgan fingerprint density at radius 3 is 2.00 bits per heavy atom. The Morgan fingerprint density at radius 2 is 1.51 bits per heavy atom. The molecule has 1 atom stereocenters. The van der Waals surface area contributed by atoms with Gasteiger partial charge in [0.05, 0.1) is 37.4 Å². The highest BCUT2D eigenvalue weighted by Gasteiger charge is 2.41. The van der Waals surface area contributed by atoms with Crippen molar-refractivity contribution < 1.29 is 45.7 Å². The number of alkyl halides is 6. The number of halogens is 6. The van der Waals surface area contributed by atoms with Crippen molar-refractivity contribution in [3.63, 3.8) is 0 Å². The molecular formula is C30H35F6NO4. The van der Waals surface area contributed by atoms with Crippen LogP contribution < -0.4 is 0 Å². The molecule has 5 nitrogen and oxygen atoms in total. The molecule has 4 rings (SSSR count). The number of aliphatic hydroxyl groups excluding tert-OH is 1. The molecule has 2 aromatic rings. The number of carbonyl (C=O) groups excluding carboxylic acids is 1. The summed E-state index contributed by atoms with van der Waals surface area (Å²) >= 11 is 0. The highest BCUT2D eigenvalue weighted by atomic mass is 19.4. The van der Waals surface area contributed by atoms with Crippen LogP contribution in [-0.4, -0.2) is 55.4 Å². The normalized spacial score (nSPS) is 23.8. The minimum Gasteiger partial charge on any atom is -0.469 e. The van der Waals surface area contributed by atoms with E-state index in [2.05, 4.69) is 4.90 Å². The summed E-state index contributed by atoms with van der Waals surface area (Å²) in [5, 5.41) is 10.0. The Morgan fingerprint density at radius 1 is 0.951 bits per heavy atom. The smallest absolute Gasteiger partial charge is 0.416 e. The van der Waals surface area contributed by atoms with E-state index in [1.807, 2.05) is 30.3 Å². The van der Waals surface area contributed by atoms with Crippen LogP contribution in [0.15, 0.2) is 48.5 Å². The first-order valence-corrected chi connectivity index (χ1v) is 13.8. The van der Waals surface area contributed by atoms with Crippen molar-refractivity contribution in [3.05, 3.63) is 70.8 Å². The third-order valence-corrected chi connectivity index (χ3v) is 8.59. The van der Waals surface area contributed by atoms with E-state index in [0.717, 1.165) is 44.3 Å². The zero-order chi connectivity index (χ0) is 29.8. The quantitative estimate of drug-likeness (QED) is 0.281. The van der Waals surface area contributed by atoms with E-state index in [4.69, 9.17) is 9.47 Å². The molecule has 0 spiro atoms. The second-order valence-electron chi connectivity index (χ2n) is 11.0. The predicted octanol–water partition coefficient (Wildman–Crippen LogP) is 6.54. The number of ether oxygens (including phenoxy) is 2. The van der Waals surface area contributed by atoms with E-state index in [1.165, 1.54) is 7.11 Å². The molecule has 11 heteroatoms. The maximum atomic E-state index is 13.4. The number of aliphatic hydroxyl groups is 1. The summed E-state index contributed by atoms with van der Waals surface area (Å²) in [5.41, 5.74) is -2.82. The molecule has 1 saturated heterocycles. The molecule has 1 unspecified atom stereocenters. The number of methoxy groups -OCH3 is 1. The number of piperidine rings is 1. The van der Waals surface area contributed by atoms with Crippen molar-refractivity contribution in [2.45, 2.75) is 68.4 Å². The summed E-state index contributed by atoms with van der Waals surface area (Å²) < 4.78 is 91.5.